The van der Waals surface area contributed by atoms with Crippen LogP contribution in [0.25, 0.3) is 22.6 Å². The molecule has 108 valence electrons. The smallest absolute Gasteiger partial charge is 0.201 e. The van der Waals surface area contributed by atoms with Gasteiger partial charge in [-0.25, -0.2) is 15.0 Å². The Kier molecular flexibility index (Phi) is 3.28. The molecule has 0 spiro atoms. The molecule has 1 aromatic carbocycles. The predicted molar refractivity (Wildman–Crippen MR) is 83.1 cm³/mol. The number of H-pyrrole nitrogens is 2. The maximum absolute atomic E-state index is 4.52. The van der Waals surface area contributed by atoms with Gasteiger partial charge in [0, 0.05) is 12.4 Å². The molecule has 4 rings (SSSR count). The molecule has 0 fully saturated rings. The van der Waals surface area contributed by atoms with Crippen molar-refractivity contribution in [2.75, 3.05) is 0 Å². The second-order valence-electron chi connectivity index (χ2n) is 4.54. The first kappa shape index (κ1) is 13.0. The molecule has 8 heteroatoms. The van der Waals surface area contributed by atoms with E-state index in [0.29, 0.717) is 17.3 Å². The summed E-state index contributed by atoms with van der Waals surface area (Å²) >= 11 is 1.57. The van der Waals surface area contributed by atoms with E-state index >= 15 is 0 Å². The van der Waals surface area contributed by atoms with Crippen LogP contribution < -0.4 is 0 Å². The number of rotatable bonds is 4. The van der Waals surface area contributed by atoms with Crippen molar-refractivity contribution >= 4 is 22.8 Å². The van der Waals surface area contributed by atoms with E-state index in [2.05, 4.69) is 35.1 Å². The summed E-state index contributed by atoms with van der Waals surface area (Å²) in [5, 5.41) is 7.94. The number of fused-ring (bicyclic) bond motifs is 1. The van der Waals surface area contributed by atoms with Crippen LogP contribution >= 0.6 is 11.8 Å². The van der Waals surface area contributed by atoms with Gasteiger partial charge < -0.3 is 4.98 Å². The zero-order valence-corrected chi connectivity index (χ0v) is 12.2. The summed E-state index contributed by atoms with van der Waals surface area (Å²) in [7, 11) is 0. The highest BCUT2D eigenvalue weighted by molar-refractivity contribution is 7.98. The molecule has 0 aliphatic carbocycles. The highest BCUT2D eigenvalue weighted by atomic mass is 32.2. The maximum atomic E-state index is 4.52. The van der Waals surface area contributed by atoms with Gasteiger partial charge in [0.2, 0.25) is 5.82 Å². The van der Waals surface area contributed by atoms with Gasteiger partial charge in [-0.2, -0.15) is 5.10 Å². The van der Waals surface area contributed by atoms with Gasteiger partial charge in [-0.15, -0.1) is 0 Å². The first-order chi connectivity index (χ1) is 10.9. The third kappa shape index (κ3) is 2.56. The second-order valence-corrected chi connectivity index (χ2v) is 5.51. The van der Waals surface area contributed by atoms with Crippen LogP contribution in [0.4, 0.5) is 0 Å². The lowest BCUT2D eigenvalue weighted by atomic mass is 10.3. The average Bonchev–Trinajstić information content (AvgIpc) is 3.20. The normalized spacial score (nSPS) is 11.1. The van der Waals surface area contributed by atoms with Crippen LogP contribution in [0.5, 0.6) is 0 Å². The quantitative estimate of drug-likeness (QED) is 0.562. The molecule has 7 nitrogen and oxygen atoms in total. The molecule has 0 aliphatic heterocycles. The maximum Gasteiger partial charge on any atom is 0.201 e. The molecular formula is C14H11N7S. The number of aromatic nitrogens is 7. The number of imidazole rings is 1. The molecule has 0 saturated carbocycles. The minimum Gasteiger partial charge on any atom is -0.333 e. The summed E-state index contributed by atoms with van der Waals surface area (Å²) in [6.45, 7) is 0. The lowest BCUT2D eigenvalue weighted by Crippen LogP contribution is -1.87. The van der Waals surface area contributed by atoms with Crippen molar-refractivity contribution in [1.29, 1.82) is 0 Å². The van der Waals surface area contributed by atoms with Crippen LogP contribution in [0.15, 0.2) is 48.0 Å². The Morgan fingerprint density at radius 2 is 2.05 bits per heavy atom. The van der Waals surface area contributed by atoms with Gasteiger partial charge in [0.1, 0.15) is 11.5 Å². The van der Waals surface area contributed by atoms with E-state index in [9.17, 15) is 0 Å². The molecule has 3 heterocycles. The molecule has 0 saturated heterocycles. The van der Waals surface area contributed by atoms with Crippen molar-refractivity contribution in [2.45, 2.75) is 10.9 Å². The van der Waals surface area contributed by atoms with Crippen molar-refractivity contribution in [1.82, 2.24) is 35.1 Å². The number of aromatic amines is 2. The van der Waals surface area contributed by atoms with Gasteiger partial charge >= 0.3 is 0 Å². The second kappa shape index (κ2) is 5.57. The average molecular weight is 309 g/mol. The number of para-hydroxylation sites is 2. The van der Waals surface area contributed by atoms with Gasteiger partial charge in [-0.05, 0) is 12.1 Å². The summed E-state index contributed by atoms with van der Waals surface area (Å²) in [5.41, 5.74) is 2.64. The van der Waals surface area contributed by atoms with Gasteiger partial charge in [0.15, 0.2) is 5.16 Å². The fourth-order valence-electron chi connectivity index (χ4n) is 2.02. The third-order valence-corrected chi connectivity index (χ3v) is 3.92. The van der Waals surface area contributed by atoms with Crippen LogP contribution in [0.3, 0.4) is 0 Å². The standard InChI is InChI=1S/C14H11N7S/c1-2-4-10-9(3-1)17-14(18-10)22-8-12-19-13(21-20-12)11-7-15-5-6-16-11/h1-7H,8H2,(H,17,18)(H,19,20,21). The van der Waals surface area contributed by atoms with Crippen LogP contribution in [-0.2, 0) is 5.75 Å². The first-order valence-electron chi connectivity index (χ1n) is 6.64. The van der Waals surface area contributed by atoms with Crippen molar-refractivity contribution in [2.24, 2.45) is 0 Å². The molecule has 2 N–H and O–H groups in total. The van der Waals surface area contributed by atoms with Crippen molar-refractivity contribution in [3.63, 3.8) is 0 Å². The summed E-state index contributed by atoms with van der Waals surface area (Å²) in [4.78, 5) is 20.4. The van der Waals surface area contributed by atoms with Crippen LogP contribution in [0.2, 0.25) is 0 Å². The lowest BCUT2D eigenvalue weighted by molar-refractivity contribution is 1.01. The minimum atomic E-state index is 0.549. The lowest BCUT2D eigenvalue weighted by Gasteiger charge is -1.93. The summed E-state index contributed by atoms with van der Waals surface area (Å²) < 4.78 is 0. The van der Waals surface area contributed by atoms with Crippen LogP contribution in [0.1, 0.15) is 5.82 Å². The predicted octanol–water partition coefficient (Wildman–Crippen LogP) is 2.43. The molecule has 0 bridgehead atoms. The van der Waals surface area contributed by atoms with Crippen molar-refractivity contribution < 1.29 is 0 Å². The van der Waals surface area contributed by atoms with E-state index in [1.807, 2.05) is 24.3 Å². The number of thioether (sulfide) groups is 1. The molecule has 22 heavy (non-hydrogen) atoms. The Morgan fingerprint density at radius 3 is 2.91 bits per heavy atom. The van der Waals surface area contributed by atoms with E-state index in [1.165, 1.54) is 0 Å². The molecule has 0 aliphatic rings. The Balaban J connectivity index is 1.49. The zero-order valence-electron chi connectivity index (χ0n) is 11.4. The summed E-state index contributed by atoms with van der Waals surface area (Å²) in [5.74, 6) is 1.96. The largest absolute Gasteiger partial charge is 0.333 e. The summed E-state index contributed by atoms with van der Waals surface area (Å²) in [6.07, 6.45) is 4.88. The zero-order chi connectivity index (χ0) is 14.8. The molecule has 0 amide bonds. The topological polar surface area (TPSA) is 96.0 Å². The molecule has 0 atom stereocenters. The highest BCUT2D eigenvalue weighted by Crippen LogP contribution is 2.22. The third-order valence-electron chi connectivity index (χ3n) is 3.04. The molecule has 0 radical (unpaired) electrons. The first-order valence-corrected chi connectivity index (χ1v) is 7.62. The number of nitrogens with zero attached hydrogens (tertiary/aromatic N) is 5. The van der Waals surface area contributed by atoms with Crippen molar-refractivity contribution in [3.05, 3.63) is 48.7 Å². The fraction of sp³-hybridized carbons (Fsp3) is 0.0714. The SMILES string of the molecule is c1ccc2[nH]c(SCc3nc(-c4cnccn4)n[nH]3)nc2c1. The van der Waals surface area contributed by atoms with E-state index in [4.69, 9.17) is 0 Å². The molecule has 0 unspecified atom stereocenters. The Bertz CT molecular complexity index is 867. The fourth-order valence-corrected chi connectivity index (χ4v) is 2.77. The van der Waals surface area contributed by atoms with Gasteiger partial charge in [-0.3, -0.25) is 10.1 Å². The molecule has 4 aromatic rings. The Morgan fingerprint density at radius 1 is 1.09 bits per heavy atom. The number of nitrogens with one attached hydrogen (secondary N) is 2. The van der Waals surface area contributed by atoms with E-state index in [1.54, 1.807) is 30.4 Å². The summed E-state index contributed by atoms with van der Waals surface area (Å²) in [6, 6.07) is 7.95. The van der Waals surface area contributed by atoms with Gasteiger partial charge in [-0.1, -0.05) is 23.9 Å². The number of hydrogen-bond acceptors (Lipinski definition) is 6. The van der Waals surface area contributed by atoms with Crippen molar-refractivity contribution in [3.8, 4) is 11.5 Å². The Hall–Kier alpha value is -2.74. The van der Waals surface area contributed by atoms with E-state index in [0.717, 1.165) is 22.0 Å². The molecule has 3 aromatic heterocycles. The van der Waals surface area contributed by atoms with Crippen LogP contribution in [0, 0.1) is 0 Å². The number of hydrogen-bond donors (Lipinski definition) is 2. The van der Waals surface area contributed by atoms with Crippen LogP contribution in [-0.4, -0.2) is 35.1 Å². The van der Waals surface area contributed by atoms with Gasteiger partial charge in [0.25, 0.3) is 0 Å². The Labute approximate surface area is 129 Å². The monoisotopic (exact) mass is 309 g/mol. The minimum absolute atomic E-state index is 0.549. The van der Waals surface area contributed by atoms with E-state index in [-0.39, 0.29) is 0 Å². The highest BCUT2D eigenvalue weighted by Gasteiger charge is 2.09. The van der Waals surface area contributed by atoms with E-state index < -0.39 is 0 Å². The number of benzene rings is 1. The van der Waals surface area contributed by atoms with Gasteiger partial charge in [0.05, 0.1) is 23.0 Å². The molecular weight excluding hydrogens is 298 g/mol.